The van der Waals surface area contributed by atoms with E-state index in [0.29, 0.717) is 18.7 Å². The number of carboxylic acid groups (broad SMARTS) is 2. The maximum Gasteiger partial charge on any atom is 0.328 e. The van der Waals surface area contributed by atoms with Crippen molar-refractivity contribution in [1.82, 2.24) is 5.32 Å². The van der Waals surface area contributed by atoms with Gasteiger partial charge in [-0.2, -0.15) is 0 Å². The second-order valence-electron chi connectivity index (χ2n) is 5.26. The van der Waals surface area contributed by atoms with E-state index < -0.39 is 11.9 Å². The van der Waals surface area contributed by atoms with Gasteiger partial charge in [-0.25, -0.2) is 9.59 Å². The standard InChI is InChI=1S/C16H17NO.C4H4O4/c1-17-12-15(13-8-4-2-5-9-13)16(18)14-10-6-3-7-11-14;5-3(6)1-2-4(7)8/h2-11,15,17H,12H2,1H3;1-2H,(H,5,6)(H,7,8). The van der Waals surface area contributed by atoms with E-state index in [0.717, 1.165) is 11.1 Å². The monoisotopic (exact) mass is 355 g/mol. The molecule has 0 aliphatic carbocycles. The number of likely N-dealkylation sites (N-methyl/N-ethyl adjacent to an activating group) is 1. The minimum absolute atomic E-state index is 0.126. The first-order valence-corrected chi connectivity index (χ1v) is 7.88. The summed E-state index contributed by atoms with van der Waals surface area (Å²) in [5, 5.41) is 18.7. The van der Waals surface area contributed by atoms with E-state index >= 15 is 0 Å². The lowest BCUT2D eigenvalue weighted by atomic mass is 9.90. The van der Waals surface area contributed by atoms with Crippen molar-refractivity contribution >= 4 is 17.7 Å². The van der Waals surface area contributed by atoms with Gasteiger partial charge in [-0.3, -0.25) is 4.79 Å². The molecule has 2 aromatic carbocycles. The molecule has 2 aromatic rings. The highest BCUT2D eigenvalue weighted by atomic mass is 16.4. The first-order chi connectivity index (χ1) is 12.5. The molecule has 6 nitrogen and oxygen atoms in total. The lowest BCUT2D eigenvalue weighted by molar-refractivity contribution is -0.134. The zero-order valence-electron chi connectivity index (χ0n) is 14.3. The van der Waals surface area contributed by atoms with Gasteiger partial charge in [-0.05, 0) is 12.6 Å². The van der Waals surface area contributed by atoms with Crippen molar-refractivity contribution in [3.05, 3.63) is 83.9 Å². The van der Waals surface area contributed by atoms with E-state index in [1.807, 2.05) is 67.7 Å². The van der Waals surface area contributed by atoms with Crippen molar-refractivity contribution < 1.29 is 24.6 Å². The van der Waals surface area contributed by atoms with Gasteiger partial charge in [-0.1, -0.05) is 60.7 Å². The molecule has 0 radical (unpaired) electrons. The van der Waals surface area contributed by atoms with E-state index in [4.69, 9.17) is 10.2 Å². The summed E-state index contributed by atoms with van der Waals surface area (Å²) in [6, 6.07) is 19.4. The third-order valence-electron chi connectivity index (χ3n) is 3.35. The Labute approximate surface area is 151 Å². The molecular weight excluding hydrogens is 334 g/mol. The molecule has 0 spiro atoms. The minimum atomic E-state index is -1.26. The highest BCUT2D eigenvalue weighted by molar-refractivity contribution is 6.01. The van der Waals surface area contributed by atoms with E-state index in [-0.39, 0.29) is 11.7 Å². The molecule has 3 N–H and O–H groups in total. The van der Waals surface area contributed by atoms with Gasteiger partial charge in [0.05, 0.1) is 5.92 Å². The van der Waals surface area contributed by atoms with Crippen LogP contribution in [0, 0.1) is 0 Å². The summed E-state index contributed by atoms with van der Waals surface area (Å²) in [4.78, 5) is 31.6. The van der Waals surface area contributed by atoms with Gasteiger partial charge < -0.3 is 15.5 Å². The summed E-state index contributed by atoms with van der Waals surface area (Å²) in [5.41, 5.74) is 1.82. The number of rotatable bonds is 7. The summed E-state index contributed by atoms with van der Waals surface area (Å²) < 4.78 is 0. The average Bonchev–Trinajstić information content (AvgIpc) is 2.66. The number of carboxylic acids is 2. The number of hydrogen-bond donors (Lipinski definition) is 3. The molecule has 0 saturated heterocycles. The molecule has 26 heavy (non-hydrogen) atoms. The van der Waals surface area contributed by atoms with E-state index in [2.05, 4.69) is 5.32 Å². The average molecular weight is 355 g/mol. The van der Waals surface area contributed by atoms with Crippen molar-refractivity contribution in [1.29, 1.82) is 0 Å². The maximum atomic E-state index is 12.5. The summed E-state index contributed by atoms with van der Waals surface area (Å²) in [6.45, 7) is 0.651. The lowest BCUT2D eigenvalue weighted by Crippen LogP contribution is -2.24. The summed E-state index contributed by atoms with van der Waals surface area (Å²) >= 11 is 0. The minimum Gasteiger partial charge on any atom is -0.478 e. The third kappa shape index (κ3) is 7.55. The van der Waals surface area contributed by atoms with Crippen LogP contribution >= 0.6 is 0 Å². The van der Waals surface area contributed by atoms with Crippen LogP contribution in [-0.2, 0) is 9.59 Å². The predicted octanol–water partition coefficient (Wildman–Crippen LogP) is 2.58. The Morgan fingerprint density at radius 2 is 1.35 bits per heavy atom. The number of aliphatic carboxylic acids is 2. The van der Waals surface area contributed by atoms with Gasteiger partial charge in [0, 0.05) is 24.3 Å². The van der Waals surface area contributed by atoms with E-state index in [1.54, 1.807) is 0 Å². The normalized spacial score (nSPS) is 11.3. The summed E-state index contributed by atoms with van der Waals surface area (Å²) in [6.07, 6.45) is 1.12. The van der Waals surface area contributed by atoms with Gasteiger partial charge in [0.25, 0.3) is 0 Å². The third-order valence-corrected chi connectivity index (χ3v) is 3.35. The fraction of sp³-hybridized carbons (Fsp3) is 0.150. The molecule has 1 unspecified atom stereocenters. The predicted molar refractivity (Wildman–Crippen MR) is 98.3 cm³/mol. The van der Waals surface area contributed by atoms with Crippen molar-refractivity contribution in [2.24, 2.45) is 0 Å². The van der Waals surface area contributed by atoms with Crippen LogP contribution < -0.4 is 5.32 Å². The molecule has 1 atom stereocenters. The highest BCUT2D eigenvalue weighted by Crippen LogP contribution is 2.20. The van der Waals surface area contributed by atoms with Crippen molar-refractivity contribution in [2.75, 3.05) is 13.6 Å². The number of benzene rings is 2. The maximum absolute atomic E-state index is 12.5. The molecule has 0 saturated carbocycles. The molecule has 0 aliphatic heterocycles. The Balaban J connectivity index is 0.000000359. The molecule has 6 heteroatoms. The Kier molecular flexibility index (Phi) is 9.06. The number of carbonyl (C=O) groups is 3. The first-order valence-electron chi connectivity index (χ1n) is 7.88. The molecule has 0 aliphatic rings. The highest BCUT2D eigenvalue weighted by Gasteiger charge is 2.20. The van der Waals surface area contributed by atoms with Gasteiger partial charge in [-0.15, -0.1) is 0 Å². The zero-order chi connectivity index (χ0) is 19.4. The van der Waals surface area contributed by atoms with Gasteiger partial charge in [0.2, 0.25) is 0 Å². The van der Waals surface area contributed by atoms with Crippen LogP contribution in [0.4, 0.5) is 0 Å². The van der Waals surface area contributed by atoms with Crippen molar-refractivity contribution in [2.45, 2.75) is 5.92 Å². The van der Waals surface area contributed by atoms with Crippen molar-refractivity contribution in [3.8, 4) is 0 Å². The smallest absolute Gasteiger partial charge is 0.328 e. The molecule has 0 heterocycles. The van der Waals surface area contributed by atoms with Crippen LogP contribution in [0.2, 0.25) is 0 Å². The molecule has 0 fully saturated rings. The Bertz CT molecular complexity index is 725. The van der Waals surface area contributed by atoms with Gasteiger partial charge in [0.1, 0.15) is 0 Å². The lowest BCUT2D eigenvalue weighted by Gasteiger charge is -2.15. The largest absolute Gasteiger partial charge is 0.478 e. The fourth-order valence-electron chi connectivity index (χ4n) is 2.20. The zero-order valence-corrected chi connectivity index (χ0v) is 14.3. The van der Waals surface area contributed by atoms with Crippen LogP contribution in [0.1, 0.15) is 21.8 Å². The topological polar surface area (TPSA) is 104 Å². The second kappa shape index (κ2) is 11.3. The summed E-state index contributed by atoms with van der Waals surface area (Å²) in [7, 11) is 1.87. The van der Waals surface area contributed by atoms with Crippen LogP contribution in [0.25, 0.3) is 0 Å². The van der Waals surface area contributed by atoms with Gasteiger partial charge in [0.15, 0.2) is 5.78 Å². The molecule has 136 valence electrons. The van der Waals surface area contributed by atoms with Crippen LogP contribution in [-0.4, -0.2) is 41.5 Å². The van der Waals surface area contributed by atoms with Crippen molar-refractivity contribution in [3.63, 3.8) is 0 Å². The molecule has 0 bridgehead atoms. The Morgan fingerprint density at radius 3 is 1.77 bits per heavy atom. The Hall–Kier alpha value is -3.25. The molecule has 2 rings (SSSR count). The fourth-order valence-corrected chi connectivity index (χ4v) is 2.20. The summed E-state index contributed by atoms with van der Waals surface area (Å²) in [5.74, 6) is -2.48. The van der Waals surface area contributed by atoms with E-state index in [1.165, 1.54) is 0 Å². The first kappa shape index (κ1) is 20.8. The number of Topliss-reactive ketones (excluding diaryl/α,β-unsaturated/α-hetero) is 1. The van der Waals surface area contributed by atoms with Crippen LogP contribution in [0.15, 0.2) is 72.8 Å². The molecular formula is C20H21NO5. The number of hydrogen-bond acceptors (Lipinski definition) is 4. The SMILES string of the molecule is CNCC(C(=O)c1ccccc1)c1ccccc1.O=C(O)C=CC(=O)O. The van der Waals surface area contributed by atoms with Crippen LogP contribution in [0.3, 0.4) is 0 Å². The number of ketones is 1. The molecule has 0 aromatic heterocycles. The van der Waals surface area contributed by atoms with Crippen LogP contribution in [0.5, 0.6) is 0 Å². The quantitative estimate of drug-likeness (QED) is 0.521. The van der Waals surface area contributed by atoms with E-state index in [9.17, 15) is 14.4 Å². The number of carbonyl (C=O) groups excluding carboxylic acids is 1. The molecule has 0 amide bonds. The van der Waals surface area contributed by atoms with Gasteiger partial charge >= 0.3 is 11.9 Å². The second-order valence-corrected chi connectivity index (χ2v) is 5.26. The Morgan fingerprint density at radius 1 is 0.885 bits per heavy atom. The number of nitrogens with one attached hydrogen (secondary N) is 1.